The summed E-state index contributed by atoms with van der Waals surface area (Å²) < 4.78 is 74.6. The highest BCUT2D eigenvalue weighted by Gasteiger charge is 2.32. The number of rotatable bonds is 8. The fraction of sp³-hybridized carbons (Fsp3) is 0.179. The Balaban J connectivity index is 1.49. The van der Waals surface area contributed by atoms with Crippen LogP contribution in [0.2, 0.25) is 0 Å². The van der Waals surface area contributed by atoms with Crippen molar-refractivity contribution in [3.05, 3.63) is 113 Å². The number of hydrogen-bond donors (Lipinski definition) is 1. The third-order valence-corrected chi connectivity index (χ3v) is 7.17. The lowest BCUT2D eigenvalue weighted by Gasteiger charge is -2.23. The van der Waals surface area contributed by atoms with Gasteiger partial charge in [-0.05, 0) is 85.1 Å². The summed E-state index contributed by atoms with van der Waals surface area (Å²) in [5.41, 5.74) is 2.31. The van der Waals surface area contributed by atoms with Crippen molar-refractivity contribution in [3.63, 3.8) is 0 Å². The molecule has 2 amide bonds. The molecule has 0 bridgehead atoms. The molecule has 0 saturated carbocycles. The first-order valence-corrected chi connectivity index (χ1v) is 13.2. The Bertz CT molecular complexity index is 1550. The van der Waals surface area contributed by atoms with Crippen molar-refractivity contribution < 1.29 is 35.0 Å². The van der Waals surface area contributed by atoms with E-state index in [0.717, 1.165) is 29.3 Å². The number of hydrogen-bond acceptors (Lipinski definition) is 5. The number of carbonyl (C=O) groups is 1. The molecule has 0 atom stereocenters. The summed E-state index contributed by atoms with van der Waals surface area (Å²) in [7, 11) is -4.51. The van der Waals surface area contributed by atoms with Crippen molar-refractivity contribution >= 4 is 21.8 Å². The number of urea groups is 1. The molecule has 39 heavy (non-hydrogen) atoms. The first-order valence-electron chi connectivity index (χ1n) is 11.8. The predicted octanol–water partition coefficient (Wildman–Crippen LogP) is 6.92. The molecule has 7 nitrogen and oxygen atoms in total. The molecule has 1 heterocycles. The van der Waals surface area contributed by atoms with Gasteiger partial charge in [0.1, 0.15) is 16.4 Å². The van der Waals surface area contributed by atoms with E-state index in [1.807, 2.05) is 32.0 Å². The Hall–Kier alpha value is -4.25. The number of alkyl halides is 3. The minimum Gasteiger partial charge on any atom is -0.467 e. The van der Waals surface area contributed by atoms with E-state index in [0.29, 0.717) is 23.1 Å². The number of benzene rings is 3. The lowest BCUT2D eigenvalue weighted by molar-refractivity contribution is -0.137. The molecule has 0 aliphatic carbocycles. The first-order chi connectivity index (χ1) is 18.4. The second-order valence-electron chi connectivity index (χ2n) is 8.87. The fourth-order valence-electron chi connectivity index (χ4n) is 3.69. The van der Waals surface area contributed by atoms with Crippen molar-refractivity contribution in [2.45, 2.75) is 38.0 Å². The molecule has 1 aromatic heterocycles. The van der Waals surface area contributed by atoms with Crippen LogP contribution in [0.1, 0.15) is 28.0 Å². The summed E-state index contributed by atoms with van der Waals surface area (Å²) >= 11 is 0. The van der Waals surface area contributed by atoms with Crippen LogP contribution in [0.25, 0.3) is 0 Å². The van der Waals surface area contributed by atoms with Gasteiger partial charge in [-0.2, -0.15) is 21.6 Å². The lowest BCUT2D eigenvalue weighted by Crippen LogP contribution is -2.34. The van der Waals surface area contributed by atoms with E-state index in [2.05, 4.69) is 5.32 Å². The SMILES string of the molecule is Cc1ccc(NC(=O)N(Cc2ccc(OS(=O)(=O)c3cccc(C(F)(F)F)c3)cc2)Cc2ccco2)cc1C. The first kappa shape index (κ1) is 27.8. The summed E-state index contributed by atoms with van der Waals surface area (Å²) in [6.45, 7) is 4.24. The molecule has 0 saturated heterocycles. The number of aryl methyl sites for hydroxylation is 2. The minimum atomic E-state index is -4.70. The van der Waals surface area contributed by atoms with E-state index in [1.54, 1.807) is 24.3 Å². The van der Waals surface area contributed by atoms with Gasteiger partial charge in [-0.1, -0.05) is 24.3 Å². The smallest absolute Gasteiger partial charge is 0.416 e. The van der Waals surface area contributed by atoms with Crippen LogP contribution >= 0.6 is 0 Å². The number of amides is 2. The summed E-state index contributed by atoms with van der Waals surface area (Å²) in [6, 6.07) is 17.9. The van der Waals surface area contributed by atoms with Gasteiger partial charge in [0.2, 0.25) is 0 Å². The molecule has 0 fully saturated rings. The Morgan fingerprint density at radius 1 is 0.923 bits per heavy atom. The highest BCUT2D eigenvalue weighted by molar-refractivity contribution is 7.87. The Labute approximate surface area is 224 Å². The maximum atomic E-state index is 13.1. The van der Waals surface area contributed by atoms with Gasteiger partial charge in [-0.25, -0.2) is 4.79 Å². The van der Waals surface area contributed by atoms with Gasteiger partial charge in [-0.3, -0.25) is 0 Å². The van der Waals surface area contributed by atoms with Gasteiger partial charge >= 0.3 is 22.3 Å². The van der Waals surface area contributed by atoms with Crippen LogP contribution in [-0.4, -0.2) is 19.3 Å². The van der Waals surface area contributed by atoms with E-state index in [4.69, 9.17) is 8.60 Å². The van der Waals surface area contributed by atoms with Gasteiger partial charge in [0.15, 0.2) is 0 Å². The summed E-state index contributed by atoms with van der Waals surface area (Å²) in [5, 5.41) is 2.88. The van der Waals surface area contributed by atoms with Gasteiger partial charge in [0, 0.05) is 12.2 Å². The van der Waals surface area contributed by atoms with E-state index in [-0.39, 0.29) is 24.9 Å². The molecule has 204 valence electrons. The molecule has 11 heteroatoms. The second kappa shape index (κ2) is 11.2. The molecule has 4 aromatic rings. The Morgan fingerprint density at radius 2 is 1.67 bits per heavy atom. The van der Waals surface area contributed by atoms with Crippen LogP contribution < -0.4 is 9.50 Å². The molecular weight excluding hydrogens is 533 g/mol. The fourth-order valence-corrected chi connectivity index (χ4v) is 4.66. The largest absolute Gasteiger partial charge is 0.467 e. The number of carbonyl (C=O) groups excluding carboxylic acids is 1. The van der Waals surface area contributed by atoms with Crippen molar-refractivity contribution in [3.8, 4) is 5.75 Å². The van der Waals surface area contributed by atoms with Crippen molar-refractivity contribution in [1.82, 2.24) is 4.90 Å². The monoisotopic (exact) mass is 558 g/mol. The maximum Gasteiger partial charge on any atom is 0.416 e. The third kappa shape index (κ3) is 7.20. The normalized spacial score (nSPS) is 11.7. The zero-order valence-corrected chi connectivity index (χ0v) is 21.8. The topological polar surface area (TPSA) is 88.9 Å². The Morgan fingerprint density at radius 3 is 2.31 bits per heavy atom. The molecule has 3 aromatic carbocycles. The highest BCUT2D eigenvalue weighted by atomic mass is 32.2. The molecule has 0 aliphatic heterocycles. The molecule has 4 rings (SSSR count). The zero-order chi connectivity index (χ0) is 28.2. The van der Waals surface area contributed by atoms with Crippen molar-refractivity contribution in [2.75, 3.05) is 5.32 Å². The van der Waals surface area contributed by atoms with Crippen LogP contribution in [0.3, 0.4) is 0 Å². The minimum absolute atomic E-state index is 0.0895. The molecular formula is C28H25F3N2O5S. The van der Waals surface area contributed by atoms with Crippen molar-refractivity contribution in [1.29, 1.82) is 0 Å². The van der Waals surface area contributed by atoms with Crippen LogP contribution in [0.15, 0.2) is 94.4 Å². The van der Waals surface area contributed by atoms with Crippen molar-refractivity contribution in [2.24, 2.45) is 0 Å². The average Bonchev–Trinajstić information content (AvgIpc) is 3.40. The van der Waals surface area contributed by atoms with Gasteiger partial charge in [-0.15, -0.1) is 0 Å². The predicted molar refractivity (Wildman–Crippen MR) is 139 cm³/mol. The second-order valence-corrected chi connectivity index (χ2v) is 10.4. The zero-order valence-electron chi connectivity index (χ0n) is 21.0. The van der Waals surface area contributed by atoms with Crippen LogP contribution in [0, 0.1) is 13.8 Å². The quantitative estimate of drug-likeness (QED) is 0.237. The highest BCUT2D eigenvalue weighted by Crippen LogP contribution is 2.31. The molecule has 0 unspecified atom stereocenters. The number of furan rings is 1. The summed E-state index contributed by atoms with van der Waals surface area (Å²) in [5.74, 6) is 0.477. The standard InChI is InChI=1S/C28H25F3N2O5S/c1-19-8-11-23(15-20(19)2)32-27(34)33(18-25-6-4-14-37-25)17-21-9-12-24(13-10-21)38-39(35,36)26-7-3-5-22(16-26)28(29,30)31/h3-16H,17-18H2,1-2H3,(H,32,34). The third-order valence-electron chi connectivity index (χ3n) is 5.92. The molecule has 1 N–H and O–H groups in total. The number of anilines is 1. The average molecular weight is 559 g/mol. The summed E-state index contributed by atoms with van der Waals surface area (Å²) in [4.78, 5) is 14.0. The maximum absolute atomic E-state index is 13.1. The Kier molecular flexibility index (Phi) is 8.01. The molecule has 0 radical (unpaired) electrons. The molecule has 0 spiro atoms. The number of nitrogens with one attached hydrogen (secondary N) is 1. The molecule has 0 aliphatic rings. The lowest BCUT2D eigenvalue weighted by atomic mass is 10.1. The van der Waals surface area contributed by atoms with E-state index >= 15 is 0 Å². The van der Waals surface area contributed by atoms with E-state index < -0.39 is 26.8 Å². The van der Waals surface area contributed by atoms with Crippen LogP contribution in [0.4, 0.5) is 23.7 Å². The van der Waals surface area contributed by atoms with Crippen LogP contribution in [-0.2, 0) is 29.4 Å². The van der Waals surface area contributed by atoms with Gasteiger partial charge in [0.05, 0.1) is 18.4 Å². The van der Waals surface area contributed by atoms with E-state index in [1.165, 1.54) is 23.3 Å². The van der Waals surface area contributed by atoms with Gasteiger partial charge in [0.25, 0.3) is 0 Å². The number of nitrogens with zero attached hydrogens (tertiary/aromatic N) is 1. The van der Waals surface area contributed by atoms with Crippen LogP contribution in [0.5, 0.6) is 5.75 Å². The number of halogens is 3. The van der Waals surface area contributed by atoms with Gasteiger partial charge < -0.3 is 18.8 Å². The summed E-state index contributed by atoms with van der Waals surface area (Å²) in [6.07, 6.45) is -3.19. The van der Waals surface area contributed by atoms with E-state index in [9.17, 15) is 26.4 Å².